The summed E-state index contributed by atoms with van der Waals surface area (Å²) in [5.74, 6) is 0.722. The number of likely N-dealkylation sites (tertiary alicyclic amines) is 1. The van der Waals surface area contributed by atoms with Crippen molar-refractivity contribution in [2.45, 2.75) is 45.6 Å². The molecule has 2 aliphatic heterocycles. The van der Waals surface area contributed by atoms with E-state index in [9.17, 15) is 14.4 Å². The van der Waals surface area contributed by atoms with Crippen LogP contribution < -0.4 is 0 Å². The summed E-state index contributed by atoms with van der Waals surface area (Å²) in [5.41, 5.74) is 3.40. The Kier molecular flexibility index (Phi) is 6.95. The monoisotopic (exact) mass is 452 g/mol. The molecule has 0 radical (unpaired) electrons. The molecule has 0 spiro atoms. The molecule has 2 aliphatic rings. The van der Waals surface area contributed by atoms with Crippen molar-refractivity contribution in [3.8, 4) is 0 Å². The van der Waals surface area contributed by atoms with Gasteiger partial charge in [-0.2, -0.15) is 0 Å². The van der Waals surface area contributed by atoms with E-state index in [1.807, 2.05) is 41.3 Å². The third-order valence-corrected chi connectivity index (χ3v) is 7.16. The molecule has 6 heteroatoms. The molecule has 2 heterocycles. The standard InChI is InChI=1S/C26H29ClN2O3/c1-18(30)29-16-13-21-22(8-9-24(27)23(21)17-29)25(31)10-7-19-11-14-28(15-12-19)26(32)20-5-3-2-4-6-20/h2-6,8-9,19H,7,10-17H2,1H3. The number of hydrogen-bond acceptors (Lipinski definition) is 3. The third kappa shape index (κ3) is 4.88. The van der Waals surface area contributed by atoms with Crippen LogP contribution >= 0.6 is 11.6 Å². The molecular weight excluding hydrogens is 424 g/mol. The Labute approximate surface area is 194 Å². The highest BCUT2D eigenvalue weighted by atomic mass is 35.5. The zero-order valence-electron chi connectivity index (χ0n) is 18.5. The molecule has 0 unspecified atom stereocenters. The Morgan fingerprint density at radius 3 is 2.34 bits per heavy atom. The highest BCUT2D eigenvalue weighted by Crippen LogP contribution is 2.31. The Bertz CT molecular complexity index is 1010. The van der Waals surface area contributed by atoms with E-state index in [2.05, 4.69) is 0 Å². The predicted octanol–water partition coefficient (Wildman–Crippen LogP) is 4.76. The van der Waals surface area contributed by atoms with Crippen LogP contribution in [0.2, 0.25) is 5.02 Å². The Morgan fingerprint density at radius 2 is 1.66 bits per heavy atom. The number of halogens is 1. The van der Waals surface area contributed by atoms with Crippen molar-refractivity contribution in [2.24, 2.45) is 5.92 Å². The van der Waals surface area contributed by atoms with Crippen LogP contribution in [0.1, 0.15) is 64.4 Å². The number of carbonyl (C=O) groups excluding carboxylic acids is 3. The Morgan fingerprint density at radius 1 is 0.938 bits per heavy atom. The lowest BCUT2D eigenvalue weighted by Crippen LogP contribution is -2.38. The number of benzene rings is 2. The summed E-state index contributed by atoms with van der Waals surface area (Å²) in [7, 11) is 0. The molecule has 0 N–H and O–H groups in total. The molecule has 32 heavy (non-hydrogen) atoms. The molecule has 4 rings (SSSR count). The van der Waals surface area contributed by atoms with Gasteiger partial charge < -0.3 is 9.80 Å². The average molecular weight is 453 g/mol. The van der Waals surface area contributed by atoms with Gasteiger partial charge in [-0.3, -0.25) is 14.4 Å². The first kappa shape index (κ1) is 22.5. The van der Waals surface area contributed by atoms with Gasteiger partial charge in [-0.15, -0.1) is 0 Å². The van der Waals surface area contributed by atoms with Gasteiger partial charge >= 0.3 is 0 Å². The quantitative estimate of drug-likeness (QED) is 0.614. The summed E-state index contributed by atoms with van der Waals surface area (Å²) in [6.45, 7) is 4.13. The maximum Gasteiger partial charge on any atom is 0.253 e. The molecule has 5 nitrogen and oxygen atoms in total. The van der Waals surface area contributed by atoms with Crippen molar-refractivity contribution < 1.29 is 14.4 Å². The lowest BCUT2D eigenvalue weighted by atomic mass is 9.87. The van der Waals surface area contributed by atoms with Crippen molar-refractivity contribution in [2.75, 3.05) is 19.6 Å². The van der Waals surface area contributed by atoms with Crippen LogP contribution in [0.25, 0.3) is 0 Å². The molecule has 1 saturated heterocycles. The SMILES string of the molecule is CC(=O)N1CCc2c(C(=O)CCC3CCN(C(=O)c4ccccc4)CC3)ccc(Cl)c2C1. The van der Waals surface area contributed by atoms with Crippen LogP contribution in [-0.2, 0) is 17.8 Å². The highest BCUT2D eigenvalue weighted by Gasteiger charge is 2.27. The second-order valence-electron chi connectivity index (χ2n) is 8.81. The summed E-state index contributed by atoms with van der Waals surface area (Å²) < 4.78 is 0. The lowest BCUT2D eigenvalue weighted by molar-refractivity contribution is -0.129. The fourth-order valence-corrected chi connectivity index (χ4v) is 5.06. The highest BCUT2D eigenvalue weighted by molar-refractivity contribution is 6.31. The van der Waals surface area contributed by atoms with Crippen molar-refractivity contribution in [3.05, 3.63) is 69.7 Å². The topological polar surface area (TPSA) is 57.7 Å². The maximum absolute atomic E-state index is 13.1. The van der Waals surface area contributed by atoms with Crippen LogP contribution in [0, 0.1) is 5.92 Å². The fourth-order valence-electron chi connectivity index (χ4n) is 4.83. The molecule has 2 amide bonds. The molecule has 0 atom stereocenters. The fraction of sp³-hybridized carbons (Fsp3) is 0.423. The second kappa shape index (κ2) is 9.86. The van der Waals surface area contributed by atoms with Gasteiger partial charge in [-0.05, 0) is 67.0 Å². The molecule has 168 valence electrons. The number of Topliss-reactive ketones (excluding diaryl/α,β-unsaturated/α-hetero) is 1. The number of ketones is 1. The molecule has 0 aromatic heterocycles. The van der Waals surface area contributed by atoms with Gasteiger partial charge in [0.1, 0.15) is 0 Å². The molecule has 0 bridgehead atoms. The van der Waals surface area contributed by atoms with Crippen LogP contribution in [0.3, 0.4) is 0 Å². The first-order valence-electron chi connectivity index (χ1n) is 11.4. The van der Waals surface area contributed by atoms with Crippen LogP contribution in [0.15, 0.2) is 42.5 Å². The summed E-state index contributed by atoms with van der Waals surface area (Å²) in [5, 5.41) is 0.623. The van der Waals surface area contributed by atoms with Gasteiger partial charge in [-0.1, -0.05) is 29.8 Å². The first-order valence-corrected chi connectivity index (χ1v) is 11.7. The first-order chi connectivity index (χ1) is 15.4. The summed E-state index contributed by atoms with van der Waals surface area (Å²) in [6, 6.07) is 13.0. The zero-order valence-corrected chi connectivity index (χ0v) is 19.2. The van der Waals surface area contributed by atoms with E-state index in [4.69, 9.17) is 11.6 Å². The van der Waals surface area contributed by atoms with Crippen LogP contribution in [0.5, 0.6) is 0 Å². The number of carbonyl (C=O) groups is 3. The molecule has 0 saturated carbocycles. The van der Waals surface area contributed by atoms with E-state index in [1.54, 1.807) is 17.9 Å². The van der Waals surface area contributed by atoms with Crippen molar-refractivity contribution in [1.82, 2.24) is 9.80 Å². The minimum absolute atomic E-state index is 0.0283. The van der Waals surface area contributed by atoms with Crippen LogP contribution in [-0.4, -0.2) is 47.0 Å². The van der Waals surface area contributed by atoms with Crippen LogP contribution in [0.4, 0.5) is 0 Å². The average Bonchev–Trinajstić information content (AvgIpc) is 2.83. The largest absolute Gasteiger partial charge is 0.339 e. The Hall–Kier alpha value is -2.66. The van der Waals surface area contributed by atoms with Gasteiger partial charge in [0.25, 0.3) is 5.91 Å². The van der Waals surface area contributed by atoms with Crippen molar-refractivity contribution >= 4 is 29.2 Å². The summed E-state index contributed by atoms with van der Waals surface area (Å²) in [4.78, 5) is 41.1. The number of nitrogens with zero attached hydrogens (tertiary/aromatic N) is 2. The van der Waals surface area contributed by atoms with Gasteiger partial charge in [0.15, 0.2) is 5.78 Å². The summed E-state index contributed by atoms with van der Waals surface area (Å²) in [6.07, 6.45) is 3.86. The van der Waals surface area contributed by atoms with Gasteiger partial charge in [0, 0.05) is 55.7 Å². The second-order valence-corrected chi connectivity index (χ2v) is 9.21. The third-order valence-electron chi connectivity index (χ3n) is 6.80. The van der Waals surface area contributed by atoms with Crippen molar-refractivity contribution in [1.29, 1.82) is 0 Å². The van der Waals surface area contributed by atoms with E-state index < -0.39 is 0 Å². The zero-order chi connectivity index (χ0) is 22.7. The number of hydrogen-bond donors (Lipinski definition) is 0. The van der Waals surface area contributed by atoms with E-state index in [-0.39, 0.29) is 17.6 Å². The van der Waals surface area contributed by atoms with Crippen molar-refractivity contribution in [3.63, 3.8) is 0 Å². The molecule has 0 aliphatic carbocycles. The molecule has 2 aromatic rings. The van der Waals surface area contributed by atoms with E-state index in [0.29, 0.717) is 36.9 Å². The number of piperidine rings is 1. The van der Waals surface area contributed by atoms with Gasteiger partial charge in [0.2, 0.25) is 5.91 Å². The Balaban J connectivity index is 1.33. The predicted molar refractivity (Wildman–Crippen MR) is 125 cm³/mol. The maximum atomic E-state index is 13.1. The summed E-state index contributed by atoms with van der Waals surface area (Å²) >= 11 is 6.39. The van der Waals surface area contributed by atoms with Gasteiger partial charge in [0.05, 0.1) is 0 Å². The lowest BCUT2D eigenvalue weighted by Gasteiger charge is -2.32. The normalized spacial score (nSPS) is 16.6. The van der Waals surface area contributed by atoms with E-state index in [1.165, 1.54) is 0 Å². The molecule has 2 aromatic carbocycles. The number of rotatable bonds is 5. The smallest absolute Gasteiger partial charge is 0.253 e. The molecule has 1 fully saturated rings. The minimum Gasteiger partial charge on any atom is -0.339 e. The minimum atomic E-state index is 0.0283. The van der Waals surface area contributed by atoms with E-state index >= 15 is 0 Å². The number of fused-ring (bicyclic) bond motifs is 1. The molecular formula is C26H29ClN2O3. The van der Waals surface area contributed by atoms with Gasteiger partial charge in [-0.25, -0.2) is 0 Å². The number of amides is 2. The van der Waals surface area contributed by atoms with E-state index in [0.717, 1.165) is 54.6 Å².